The Kier molecular flexibility index (Phi) is 5.52. The maximum atomic E-state index is 12.6. The number of rotatable bonds is 6. The highest BCUT2D eigenvalue weighted by molar-refractivity contribution is 6.02. The van der Waals surface area contributed by atoms with Gasteiger partial charge in [-0.25, -0.2) is 9.97 Å². The fourth-order valence-electron chi connectivity index (χ4n) is 3.02. The molecule has 0 aliphatic heterocycles. The lowest BCUT2D eigenvalue weighted by molar-refractivity contribution is 0.102. The molecule has 10 nitrogen and oxygen atoms in total. The highest BCUT2D eigenvalue weighted by atomic mass is 16.5. The van der Waals surface area contributed by atoms with Crippen LogP contribution in [0.4, 0.5) is 17.2 Å². The second-order valence-corrected chi connectivity index (χ2v) is 6.77. The minimum absolute atomic E-state index is 0.190. The van der Waals surface area contributed by atoms with Gasteiger partial charge in [0.05, 0.1) is 47.3 Å². The zero-order valence-electron chi connectivity index (χ0n) is 17.0. The van der Waals surface area contributed by atoms with Gasteiger partial charge in [-0.05, 0) is 38.1 Å². The van der Waals surface area contributed by atoms with Crippen molar-refractivity contribution in [2.45, 2.75) is 20.4 Å². The van der Waals surface area contributed by atoms with Gasteiger partial charge < -0.3 is 20.9 Å². The van der Waals surface area contributed by atoms with Gasteiger partial charge in [0.2, 0.25) is 0 Å². The molecule has 0 unspecified atom stereocenters. The number of nitrogens with one attached hydrogen (secondary N) is 2. The third-order valence-electron chi connectivity index (χ3n) is 4.55. The quantitative estimate of drug-likeness (QED) is 0.432. The van der Waals surface area contributed by atoms with Gasteiger partial charge in [-0.15, -0.1) is 0 Å². The Morgan fingerprint density at radius 1 is 1.10 bits per heavy atom. The van der Waals surface area contributed by atoms with Crippen LogP contribution in [0.3, 0.4) is 0 Å². The van der Waals surface area contributed by atoms with Gasteiger partial charge in [-0.1, -0.05) is 5.16 Å². The molecule has 4 rings (SSSR count). The number of nitrogen functional groups attached to an aromatic ring is 1. The van der Waals surface area contributed by atoms with Gasteiger partial charge in [-0.2, -0.15) is 0 Å². The molecule has 0 aliphatic carbocycles. The van der Waals surface area contributed by atoms with Gasteiger partial charge in [0.1, 0.15) is 17.3 Å². The number of amides is 1. The Morgan fingerprint density at radius 2 is 1.97 bits per heavy atom. The van der Waals surface area contributed by atoms with Crippen molar-refractivity contribution in [2.24, 2.45) is 0 Å². The third kappa shape index (κ3) is 4.47. The van der Waals surface area contributed by atoms with Crippen LogP contribution in [-0.2, 0) is 6.54 Å². The number of aryl methyl sites for hydroxylation is 2. The Bertz CT molecular complexity index is 1200. The summed E-state index contributed by atoms with van der Waals surface area (Å²) < 4.78 is 5.15. The van der Waals surface area contributed by atoms with E-state index in [-0.39, 0.29) is 11.6 Å². The summed E-state index contributed by atoms with van der Waals surface area (Å²) in [5.74, 6) is 0.681. The van der Waals surface area contributed by atoms with Gasteiger partial charge in [0, 0.05) is 18.1 Å². The van der Waals surface area contributed by atoms with Gasteiger partial charge in [0.15, 0.2) is 0 Å². The molecular formula is C21H20N8O2. The van der Waals surface area contributed by atoms with Gasteiger partial charge >= 0.3 is 0 Å². The highest BCUT2D eigenvalue weighted by Gasteiger charge is 2.15. The minimum Gasteiger partial charge on any atom is -0.382 e. The summed E-state index contributed by atoms with van der Waals surface area (Å²) in [5, 5.41) is 9.89. The molecule has 4 heterocycles. The number of carbonyl (C=O) groups is 1. The maximum Gasteiger partial charge on any atom is 0.275 e. The fraction of sp³-hybridized carbons (Fsp3) is 0.143. The lowest BCUT2D eigenvalue weighted by atomic mass is 10.1. The Balaban J connectivity index is 1.43. The molecule has 0 fully saturated rings. The van der Waals surface area contributed by atoms with Crippen molar-refractivity contribution in [3.05, 3.63) is 71.9 Å². The molecule has 4 aromatic rings. The van der Waals surface area contributed by atoms with Crippen molar-refractivity contribution in [3.63, 3.8) is 0 Å². The summed E-state index contributed by atoms with van der Waals surface area (Å²) in [4.78, 5) is 29.5. The lowest BCUT2D eigenvalue weighted by Crippen LogP contribution is -2.14. The van der Waals surface area contributed by atoms with Crippen LogP contribution in [0.5, 0.6) is 0 Å². The van der Waals surface area contributed by atoms with Crippen LogP contribution in [0, 0.1) is 13.8 Å². The van der Waals surface area contributed by atoms with Crippen molar-refractivity contribution < 1.29 is 9.32 Å². The van der Waals surface area contributed by atoms with Gasteiger partial charge in [-0.3, -0.25) is 14.8 Å². The van der Waals surface area contributed by atoms with E-state index >= 15 is 0 Å². The van der Waals surface area contributed by atoms with E-state index in [4.69, 9.17) is 10.3 Å². The predicted molar refractivity (Wildman–Crippen MR) is 115 cm³/mol. The molecule has 0 radical (unpaired) electrons. The predicted octanol–water partition coefficient (Wildman–Crippen LogP) is 2.99. The Morgan fingerprint density at radius 3 is 2.68 bits per heavy atom. The first-order valence-corrected chi connectivity index (χ1v) is 9.47. The molecule has 0 aliphatic rings. The number of hydrogen-bond donors (Lipinski definition) is 3. The van der Waals surface area contributed by atoms with E-state index in [1.54, 1.807) is 37.5 Å². The molecule has 0 aromatic carbocycles. The van der Waals surface area contributed by atoms with Crippen molar-refractivity contribution in [2.75, 3.05) is 16.4 Å². The van der Waals surface area contributed by atoms with Crippen molar-refractivity contribution in [3.8, 4) is 11.3 Å². The van der Waals surface area contributed by atoms with Crippen LogP contribution in [0.15, 0.2) is 53.6 Å². The molecule has 156 valence electrons. The summed E-state index contributed by atoms with van der Waals surface area (Å²) in [6, 6.07) is 7.09. The normalized spacial score (nSPS) is 10.6. The van der Waals surface area contributed by atoms with Crippen molar-refractivity contribution in [1.29, 1.82) is 0 Å². The number of aromatic nitrogens is 5. The minimum atomic E-state index is -0.376. The number of pyridine rings is 2. The Labute approximate surface area is 178 Å². The maximum absolute atomic E-state index is 12.6. The van der Waals surface area contributed by atoms with Crippen molar-refractivity contribution >= 4 is 23.1 Å². The van der Waals surface area contributed by atoms with Crippen LogP contribution in [0.2, 0.25) is 0 Å². The van der Waals surface area contributed by atoms with E-state index in [0.717, 1.165) is 17.0 Å². The Hall–Kier alpha value is -4.34. The summed E-state index contributed by atoms with van der Waals surface area (Å²) in [6.07, 6.45) is 6.19. The zero-order chi connectivity index (χ0) is 21.8. The number of hydrogen-bond acceptors (Lipinski definition) is 9. The number of nitrogens with zero attached hydrogens (tertiary/aromatic N) is 5. The SMILES string of the molecule is Cc1noc(C)c1-c1cnc(C(=O)Nc2ccnc(CNc3cccnc3N)c2)cn1. The molecule has 0 atom stereocenters. The average Bonchev–Trinajstić information content (AvgIpc) is 3.11. The monoisotopic (exact) mass is 416 g/mol. The molecule has 31 heavy (non-hydrogen) atoms. The highest BCUT2D eigenvalue weighted by Crippen LogP contribution is 2.24. The average molecular weight is 416 g/mol. The largest absolute Gasteiger partial charge is 0.382 e. The lowest BCUT2D eigenvalue weighted by Gasteiger charge is -2.09. The molecule has 1 amide bonds. The molecule has 0 saturated carbocycles. The van der Waals surface area contributed by atoms with E-state index in [1.807, 2.05) is 13.0 Å². The molecule has 4 aromatic heterocycles. The van der Waals surface area contributed by atoms with E-state index in [9.17, 15) is 4.79 Å². The van der Waals surface area contributed by atoms with Crippen LogP contribution < -0.4 is 16.4 Å². The van der Waals surface area contributed by atoms with Crippen LogP contribution in [-0.4, -0.2) is 31.0 Å². The molecule has 4 N–H and O–H groups in total. The molecule has 0 spiro atoms. The number of carbonyl (C=O) groups excluding carboxylic acids is 1. The zero-order valence-corrected chi connectivity index (χ0v) is 17.0. The van der Waals surface area contributed by atoms with Crippen molar-refractivity contribution in [1.82, 2.24) is 25.1 Å². The number of nitrogens with two attached hydrogens (primary N) is 1. The van der Waals surface area contributed by atoms with E-state index in [2.05, 4.69) is 35.7 Å². The molecule has 0 saturated heterocycles. The topological polar surface area (TPSA) is 145 Å². The first-order valence-electron chi connectivity index (χ1n) is 9.47. The standard InChI is InChI=1S/C21H20N8O2/c1-12-19(13(2)31-29-12)17-10-27-18(11-26-17)21(30)28-14-5-7-23-15(8-14)9-25-16-4-3-6-24-20(16)22/h3-8,10-11,25H,9H2,1-2H3,(H2,22,24)(H,23,28,30). The second-order valence-electron chi connectivity index (χ2n) is 6.77. The third-order valence-corrected chi connectivity index (χ3v) is 4.55. The first-order chi connectivity index (χ1) is 15.0. The van der Waals surface area contributed by atoms with Crippen LogP contribution in [0.25, 0.3) is 11.3 Å². The smallest absolute Gasteiger partial charge is 0.275 e. The molecular weight excluding hydrogens is 396 g/mol. The fourth-order valence-corrected chi connectivity index (χ4v) is 3.02. The second kappa shape index (κ2) is 8.57. The van der Waals surface area contributed by atoms with Gasteiger partial charge in [0.25, 0.3) is 5.91 Å². The first kappa shape index (κ1) is 20.0. The summed E-state index contributed by atoms with van der Waals surface area (Å²) in [5.41, 5.74) is 10.1. The summed E-state index contributed by atoms with van der Waals surface area (Å²) in [7, 11) is 0. The van der Waals surface area contributed by atoms with Crippen LogP contribution in [0.1, 0.15) is 27.6 Å². The molecule has 10 heteroatoms. The summed E-state index contributed by atoms with van der Waals surface area (Å²) >= 11 is 0. The van der Waals surface area contributed by atoms with Crippen LogP contribution >= 0.6 is 0 Å². The number of anilines is 3. The molecule has 0 bridgehead atoms. The summed E-state index contributed by atoms with van der Waals surface area (Å²) in [6.45, 7) is 4.05. The van der Waals surface area contributed by atoms with E-state index in [0.29, 0.717) is 35.2 Å². The van der Waals surface area contributed by atoms with E-state index < -0.39 is 0 Å². The van der Waals surface area contributed by atoms with E-state index in [1.165, 1.54) is 12.4 Å².